The Labute approximate surface area is 92.2 Å². The highest BCUT2D eigenvalue weighted by Crippen LogP contribution is 2.28. The summed E-state index contributed by atoms with van der Waals surface area (Å²) in [6, 6.07) is 5.72. The Hall–Kier alpha value is -2.01. The minimum absolute atomic E-state index is 0.0608. The number of para-hydroxylation sites is 1. The number of Topliss-reactive ketones (excluding diaryl/α,β-unsaturated/α-hetero) is 1. The Morgan fingerprint density at radius 1 is 1.50 bits per heavy atom. The molecule has 1 atom stereocenters. The Balaban J connectivity index is 3.18. The molecule has 0 saturated heterocycles. The summed E-state index contributed by atoms with van der Waals surface area (Å²) < 4.78 is 0. The molecule has 0 aliphatic carbocycles. The summed E-state index contributed by atoms with van der Waals surface area (Å²) >= 11 is 0. The molecule has 0 bridgehead atoms. The number of nitro groups is 1. The number of carbonyl (C=O) groups excluding carboxylic acids is 1. The zero-order chi connectivity index (χ0) is 12.3. The topological polar surface area (TPSA) is 80.4 Å². The van der Waals surface area contributed by atoms with Gasteiger partial charge in [0.25, 0.3) is 5.69 Å². The Morgan fingerprint density at radius 3 is 2.56 bits per heavy atom. The maximum Gasteiger partial charge on any atom is 0.275 e. The summed E-state index contributed by atoms with van der Waals surface area (Å²) in [6.45, 7) is 4.66. The molecular weight excluding hydrogens is 210 g/mol. The van der Waals surface area contributed by atoms with Crippen molar-refractivity contribution in [2.75, 3.05) is 0 Å². The van der Waals surface area contributed by atoms with Gasteiger partial charge in [0, 0.05) is 11.6 Å². The van der Waals surface area contributed by atoms with Crippen molar-refractivity contribution in [1.82, 2.24) is 0 Å². The number of benzene rings is 1. The van der Waals surface area contributed by atoms with Crippen LogP contribution in [0, 0.1) is 10.1 Å². The molecule has 16 heavy (non-hydrogen) atoms. The van der Waals surface area contributed by atoms with Gasteiger partial charge in [-0.3, -0.25) is 14.9 Å². The zero-order valence-corrected chi connectivity index (χ0v) is 8.71. The average molecular weight is 221 g/mol. The van der Waals surface area contributed by atoms with Crippen LogP contribution in [0.1, 0.15) is 18.6 Å². The van der Waals surface area contributed by atoms with Gasteiger partial charge in [-0.05, 0) is 13.0 Å². The maximum absolute atomic E-state index is 11.0. The number of nitrogens with zero attached hydrogens (tertiary/aromatic N) is 1. The van der Waals surface area contributed by atoms with Crippen LogP contribution in [0.5, 0.6) is 0 Å². The first-order chi connectivity index (χ1) is 7.45. The molecule has 0 heterocycles. The molecule has 1 aromatic rings. The molecule has 1 rings (SSSR count). The predicted molar refractivity (Wildman–Crippen MR) is 57.9 cm³/mol. The molecule has 1 aromatic carbocycles. The van der Waals surface area contributed by atoms with Crippen LogP contribution in [-0.2, 0) is 4.79 Å². The van der Waals surface area contributed by atoms with Crippen molar-refractivity contribution < 1.29 is 14.8 Å². The number of aliphatic hydroxyl groups excluding tert-OH is 1. The van der Waals surface area contributed by atoms with Gasteiger partial charge in [-0.15, -0.1) is 0 Å². The predicted octanol–water partition coefficient (Wildman–Crippen LogP) is 1.77. The largest absolute Gasteiger partial charge is 0.383 e. The van der Waals surface area contributed by atoms with E-state index in [1.165, 1.54) is 25.1 Å². The SMILES string of the molecule is C=C(C(C)=O)[C@H](O)c1ccccc1[N+](=O)[O-]. The van der Waals surface area contributed by atoms with Gasteiger partial charge in [0.1, 0.15) is 6.10 Å². The normalized spacial score (nSPS) is 11.9. The number of rotatable bonds is 4. The van der Waals surface area contributed by atoms with E-state index in [1.807, 2.05) is 0 Å². The fraction of sp³-hybridized carbons (Fsp3) is 0.182. The van der Waals surface area contributed by atoms with Crippen LogP contribution in [0.3, 0.4) is 0 Å². The number of hydrogen-bond donors (Lipinski definition) is 1. The second kappa shape index (κ2) is 4.67. The van der Waals surface area contributed by atoms with Crippen molar-refractivity contribution in [2.24, 2.45) is 0 Å². The second-order valence-electron chi connectivity index (χ2n) is 3.30. The van der Waals surface area contributed by atoms with Gasteiger partial charge in [-0.25, -0.2) is 0 Å². The minimum atomic E-state index is -1.33. The third-order valence-corrected chi connectivity index (χ3v) is 2.21. The summed E-state index contributed by atoms with van der Waals surface area (Å²) in [5.41, 5.74) is -0.209. The number of hydrogen-bond acceptors (Lipinski definition) is 4. The fourth-order valence-electron chi connectivity index (χ4n) is 1.27. The van der Waals surface area contributed by atoms with Crippen LogP contribution < -0.4 is 0 Å². The van der Waals surface area contributed by atoms with Crippen molar-refractivity contribution in [3.8, 4) is 0 Å². The van der Waals surface area contributed by atoms with E-state index >= 15 is 0 Å². The second-order valence-corrected chi connectivity index (χ2v) is 3.30. The van der Waals surface area contributed by atoms with Crippen molar-refractivity contribution in [3.05, 3.63) is 52.1 Å². The number of nitro benzene ring substituents is 1. The summed E-state index contributed by atoms with van der Waals surface area (Å²) in [6.07, 6.45) is -1.33. The number of carbonyl (C=O) groups is 1. The summed E-state index contributed by atoms with van der Waals surface area (Å²) in [5.74, 6) is -0.398. The quantitative estimate of drug-likeness (QED) is 0.477. The highest BCUT2D eigenvalue weighted by Gasteiger charge is 2.23. The highest BCUT2D eigenvalue weighted by atomic mass is 16.6. The first kappa shape index (κ1) is 12.1. The van der Waals surface area contributed by atoms with E-state index in [0.717, 1.165) is 0 Å². The molecule has 1 N–H and O–H groups in total. The molecule has 0 aliphatic rings. The van der Waals surface area contributed by atoms with E-state index in [4.69, 9.17) is 0 Å². The van der Waals surface area contributed by atoms with Crippen LogP contribution in [0.25, 0.3) is 0 Å². The standard InChI is InChI=1S/C11H11NO4/c1-7(8(2)13)11(14)9-5-3-4-6-10(9)12(15)16/h3-6,11,14H,1H2,2H3/t11-/m0/s1. The summed E-state index contributed by atoms with van der Waals surface area (Å²) in [5, 5.41) is 20.5. The highest BCUT2D eigenvalue weighted by molar-refractivity contribution is 5.93. The molecule has 0 fully saturated rings. The van der Waals surface area contributed by atoms with Crippen LogP contribution in [-0.4, -0.2) is 15.8 Å². The van der Waals surface area contributed by atoms with Crippen LogP contribution >= 0.6 is 0 Å². The van der Waals surface area contributed by atoms with Gasteiger partial charge < -0.3 is 5.11 Å². The van der Waals surface area contributed by atoms with Gasteiger partial charge in [-0.2, -0.15) is 0 Å². The van der Waals surface area contributed by atoms with Crippen LogP contribution in [0.2, 0.25) is 0 Å². The lowest BCUT2D eigenvalue weighted by Gasteiger charge is -2.11. The van der Waals surface area contributed by atoms with E-state index in [0.29, 0.717) is 0 Å². The van der Waals surface area contributed by atoms with Crippen molar-refractivity contribution in [3.63, 3.8) is 0 Å². The van der Waals surface area contributed by atoms with Crippen LogP contribution in [0.4, 0.5) is 5.69 Å². The van der Waals surface area contributed by atoms with E-state index in [1.54, 1.807) is 6.07 Å². The summed E-state index contributed by atoms with van der Waals surface area (Å²) in [4.78, 5) is 21.1. The van der Waals surface area contributed by atoms with Gasteiger partial charge in [0.2, 0.25) is 0 Å². The van der Waals surface area contributed by atoms with Crippen molar-refractivity contribution in [2.45, 2.75) is 13.0 Å². The molecule has 0 unspecified atom stereocenters. The lowest BCUT2D eigenvalue weighted by atomic mass is 9.99. The van der Waals surface area contributed by atoms with E-state index in [-0.39, 0.29) is 16.8 Å². The molecule has 0 amide bonds. The molecule has 0 aliphatic heterocycles. The van der Waals surface area contributed by atoms with Crippen LogP contribution in [0.15, 0.2) is 36.4 Å². The Kier molecular flexibility index (Phi) is 3.52. The molecule has 0 radical (unpaired) electrons. The van der Waals surface area contributed by atoms with E-state index < -0.39 is 16.8 Å². The fourth-order valence-corrected chi connectivity index (χ4v) is 1.27. The lowest BCUT2D eigenvalue weighted by Crippen LogP contribution is -2.09. The minimum Gasteiger partial charge on any atom is -0.383 e. The first-order valence-electron chi connectivity index (χ1n) is 4.56. The smallest absolute Gasteiger partial charge is 0.275 e. The third-order valence-electron chi connectivity index (χ3n) is 2.21. The zero-order valence-electron chi connectivity index (χ0n) is 8.71. The average Bonchev–Trinajstić information content (AvgIpc) is 2.26. The molecule has 0 aromatic heterocycles. The number of aliphatic hydroxyl groups is 1. The third kappa shape index (κ3) is 2.32. The lowest BCUT2D eigenvalue weighted by molar-refractivity contribution is -0.386. The monoisotopic (exact) mass is 221 g/mol. The van der Waals surface area contributed by atoms with E-state index in [2.05, 4.69) is 6.58 Å². The molecule has 84 valence electrons. The Morgan fingerprint density at radius 2 is 2.06 bits per heavy atom. The number of ketones is 1. The molecule has 5 nitrogen and oxygen atoms in total. The van der Waals surface area contributed by atoms with Crippen molar-refractivity contribution >= 4 is 11.5 Å². The first-order valence-corrected chi connectivity index (χ1v) is 4.56. The molecule has 5 heteroatoms. The Bertz CT molecular complexity index is 453. The van der Waals surface area contributed by atoms with Gasteiger partial charge in [0.05, 0.1) is 10.5 Å². The van der Waals surface area contributed by atoms with Gasteiger partial charge in [0.15, 0.2) is 5.78 Å². The van der Waals surface area contributed by atoms with Gasteiger partial charge >= 0.3 is 0 Å². The van der Waals surface area contributed by atoms with E-state index in [9.17, 15) is 20.0 Å². The molecule has 0 spiro atoms. The van der Waals surface area contributed by atoms with Gasteiger partial charge in [-0.1, -0.05) is 18.7 Å². The maximum atomic E-state index is 11.0. The molecular formula is C11H11NO4. The summed E-state index contributed by atoms with van der Waals surface area (Å²) in [7, 11) is 0. The molecule has 0 saturated carbocycles. The van der Waals surface area contributed by atoms with Crippen molar-refractivity contribution in [1.29, 1.82) is 0 Å².